The van der Waals surface area contributed by atoms with Crippen LogP contribution in [0.4, 0.5) is 0 Å². The first-order chi connectivity index (χ1) is 8.88. The Hall–Kier alpha value is -1.75. The molecule has 1 amide bonds. The molecular formula is C14H22N2O3. The Bertz CT molecular complexity index is 470. The summed E-state index contributed by atoms with van der Waals surface area (Å²) in [4.78, 5) is 12.2. The molecule has 5 nitrogen and oxygen atoms in total. The Kier molecular flexibility index (Phi) is 4.78. The van der Waals surface area contributed by atoms with Crippen molar-refractivity contribution in [1.29, 1.82) is 0 Å². The molecular weight excluding hydrogens is 244 g/mol. The van der Waals surface area contributed by atoms with E-state index in [2.05, 4.69) is 10.9 Å². The second kappa shape index (κ2) is 5.93. The summed E-state index contributed by atoms with van der Waals surface area (Å²) in [6.45, 7) is 5.66. The maximum Gasteiger partial charge on any atom is 0.244 e. The molecule has 0 saturated heterocycles. The summed E-state index contributed by atoms with van der Waals surface area (Å²) in [7, 11) is 4.85. The lowest BCUT2D eigenvalue weighted by atomic mass is 9.80. The molecule has 0 heterocycles. The summed E-state index contributed by atoms with van der Waals surface area (Å²) in [5, 5.41) is 0. The fourth-order valence-electron chi connectivity index (χ4n) is 2.19. The second-order valence-electron chi connectivity index (χ2n) is 4.85. The fourth-order valence-corrected chi connectivity index (χ4v) is 2.19. The molecule has 0 atom stereocenters. The number of ether oxygens (including phenoxy) is 2. The van der Waals surface area contributed by atoms with Crippen molar-refractivity contribution in [2.24, 2.45) is 0 Å². The lowest BCUT2D eigenvalue weighted by Crippen LogP contribution is -2.45. The highest BCUT2D eigenvalue weighted by Gasteiger charge is 2.34. The summed E-state index contributed by atoms with van der Waals surface area (Å²) < 4.78 is 10.6. The van der Waals surface area contributed by atoms with Crippen LogP contribution in [0.25, 0.3) is 0 Å². The molecule has 106 valence electrons. The minimum atomic E-state index is -0.718. The minimum absolute atomic E-state index is 0.124. The first-order valence-corrected chi connectivity index (χ1v) is 6.08. The van der Waals surface area contributed by atoms with Crippen molar-refractivity contribution in [2.75, 3.05) is 21.3 Å². The van der Waals surface area contributed by atoms with E-state index in [1.165, 1.54) is 0 Å². The van der Waals surface area contributed by atoms with Crippen LogP contribution in [0.5, 0.6) is 11.5 Å². The number of carbonyl (C=O) groups is 1. The van der Waals surface area contributed by atoms with Gasteiger partial charge < -0.3 is 9.47 Å². The molecule has 0 aliphatic carbocycles. The van der Waals surface area contributed by atoms with Crippen LogP contribution in [0, 0.1) is 6.92 Å². The summed E-state index contributed by atoms with van der Waals surface area (Å²) in [5.74, 6) is 1.23. The van der Waals surface area contributed by atoms with Crippen molar-refractivity contribution in [3.63, 3.8) is 0 Å². The normalized spacial score (nSPS) is 11.1. The van der Waals surface area contributed by atoms with Gasteiger partial charge in [0, 0.05) is 18.7 Å². The quantitative estimate of drug-likeness (QED) is 0.794. The number of hydrogen-bond donors (Lipinski definition) is 2. The molecule has 0 aliphatic heterocycles. The molecule has 0 bridgehead atoms. The Labute approximate surface area is 114 Å². The molecule has 0 fully saturated rings. The van der Waals surface area contributed by atoms with Gasteiger partial charge in [0.25, 0.3) is 0 Å². The Balaban J connectivity index is 3.36. The summed E-state index contributed by atoms with van der Waals surface area (Å²) in [6.07, 6.45) is 0. The number of aryl methyl sites for hydroxylation is 1. The predicted molar refractivity (Wildman–Crippen MR) is 74.5 cm³/mol. The van der Waals surface area contributed by atoms with Gasteiger partial charge in [0.15, 0.2) is 0 Å². The Morgan fingerprint density at radius 2 is 1.84 bits per heavy atom. The highest BCUT2D eigenvalue weighted by atomic mass is 16.5. The van der Waals surface area contributed by atoms with Gasteiger partial charge in [-0.15, -0.1) is 0 Å². The molecule has 1 aromatic carbocycles. The van der Waals surface area contributed by atoms with E-state index < -0.39 is 5.41 Å². The zero-order valence-corrected chi connectivity index (χ0v) is 12.4. The average molecular weight is 266 g/mol. The van der Waals surface area contributed by atoms with Gasteiger partial charge in [-0.25, -0.2) is 5.43 Å². The first-order valence-electron chi connectivity index (χ1n) is 6.08. The van der Waals surface area contributed by atoms with Crippen LogP contribution in [-0.2, 0) is 10.2 Å². The van der Waals surface area contributed by atoms with E-state index in [9.17, 15) is 4.79 Å². The number of hydrogen-bond acceptors (Lipinski definition) is 4. The van der Waals surface area contributed by atoms with Crippen LogP contribution in [0.1, 0.15) is 25.0 Å². The van der Waals surface area contributed by atoms with Gasteiger partial charge in [0.05, 0.1) is 19.6 Å². The molecule has 0 radical (unpaired) electrons. The monoisotopic (exact) mass is 266 g/mol. The standard InChI is InChI=1S/C14H22N2O3/c1-9-7-10(18-5)8-11(19-6)12(9)14(2,3)13(17)16-15-4/h7-8,15H,1-6H3,(H,16,17). The van der Waals surface area contributed by atoms with E-state index >= 15 is 0 Å². The highest BCUT2D eigenvalue weighted by Crippen LogP contribution is 2.37. The third-order valence-electron chi connectivity index (χ3n) is 3.16. The molecule has 0 saturated carbocycles. The molecule has 0 spiro atoms. The maximum absolute atomic E-state index is 12.2. The van der Waals surface area contributed by atoms with Crippen molar-refractivity contribution in [3.05, 3.63) is 23.3 Å². The highest BCUT2D eigenvalue weighted by molar-refractivity contribution is 5.88. The summed E-state index contributed by atoms with van der Waals surface area (Å²) >= 11 is 0. The van der Waals surface area contributed by atoms with Gasteiger partial charge in [0.2, 0.25) is 5.91 Å². The molecule has 1 aromatic rings. The molecule has 1 rings (SSSR count). The molecule has 2 N–H and O–H groups in total. The number of methoxy groups -OCH3 is 2. The number of hydrazine groups is 1. The largest absolute Gasteiger partial charge is 0.497 e. The van der Waals surface area contributed by atoms with Crippen LogP contribution >= 0.6 is 0 Å². The van der Waals surface area contributed by atoms with E-state index in [4.69, 9.17) is 9.47 Å². The molecule has 19 heavy (non-hydrogen) atoms. The number of benzene rings is 1. The smallest absolute Gasteiger partial charge is 0.244 e. The van der Waals surface area contributed by atoms with Crippen LogP contribution < -0.4 is 20.3 Å². The summed E-state index contributed by atoms with van der Waals surface area (Å²) in [5.41, 5.74) is 6.36. The van der Waals surface area contributed by atoms with Gasteiger partial charge in [0.1, 0.15) is 11.5 Å². The summed E-state index contributed by atoms with van der Waals surface area (Å²) in [6, 6.07) is 3.68. The van der Waals surface area contributed by atoms with Crippen LogP contribution in [-0.4, -0.2) is 27.2 Å². The van der Waals surface area contributed by atoms with E-state index in [1.807, 2.05) is 26.8 Å². The van der Waals surface area contributed by atoms with E-state index in [0.717, 1.165) is 11.1 Å². The maximum atomic E-state index is 12.2. The Morgan fingerprint density at radius 1 is 1.21 bits per heavy atom. The lowest BCUT2D eigenvalue weighted by molar-refractivity contribution is -0.126. The number of rotatable bonds is 5. The third kappa shape index (κ3) is 2.98. The van der Waals surface area contributed by atoms with Crippen LogP contribution in [0.2, 0.25) is 0 Å². The van der Waals surface area contributed by atoms with Crippen molar-refractivity contribution < 1.29 is 14.3 Å². The van der Waals surface area contributed by atoms with Crippen molar-refractivity contribution in [1.82, 2.24) is 10.9 Å². The number of carbonyl (C=O) groups excluding carboxylic acids is 1. The van der Waals surface area contributed by atoms with E-state index in [1.54, 1.807) is 27.3 Å². The third-order valence-corrected chi connectivity index (χ3v) is 3.16. The molecule has 0 aromatic heterocycles. The molecule has 0 aliphatic rings. The van der Waals surface area contributed by atoms with Crippen LogP contribution in [0.3, 0.4) is 0 Å². The topological polar surface area (TPSA) is 59.6 Å². The Morgan fingerprint density at radius 3 is 2.32 bits per heavy atom. The fraction of sp³-hybridized carbons (Fsp3) is 0.500. The molecule has 0 unspecified atom stereocenters. The first kappa shape index (κ1) is 15.3. The second-order valence-corrected chi connectivity index (χ2v) is 4.85. The van der Waals surface area contributed by atoms with Crippen molar-refractivity contribution in [3.8, 4) is 11.5 Å². The van der Waals surface area contributed by atoms with Gasteiger partial charge in [-0.1, -0.05) is 0 Å². The SMILES string of the molecule is CNNC(=O)C(C)(C)c1c(C)cc(OC)cc1OC. The van der Waals surface area contributed by atoms with Crippen molar-refractivity contribution in [2.45, 2.75) is 26.2 Å². The van der Waals surface area contributed by atoms with E-state index in [-0.39, 0.29) is 5.91 Å². The zero-order chi connectivity index (χ0) is 14.6. The van der Waals surface area contributed by atoms with Crippen molar-refractivity contribution >= 4 is 5.91 Å². The van der Waals surface area contributed by atoms with Gasteiger partial charge >= 0.3 is 0 Å². The zero-order valence-electron chi connectivity index (χ0n) is 12.4. The minimum Gasteiger partial charge on any atom is -0.497 e. The molecule has 5 heteroatoms. The average Bonchev–Trinajstić information content (AvgIpc) is 2.37. The van der Waals surface area contributed by atoms with Crippen LogP contribution in [0.15, 0.2) is 12.1 Å². The van der Waals surface area contributed by atoms with Gasteiger partial charge in [-0.05, 0) is 32.4 Å². The van der Waals surface area contributed by atoms with Gasteiger partial charge in [-0.3, -0.25) is 10.2 Å². The number of nitrogens with one attached hydrogen (secondary N) is 2. The number of amides is 1. The predicted octanol–water partition coefficient (Wildman–Crippen LogP) is 1.54. The van der Waals surface area contributed by atoms with E-state index in [0.29, 0.717) is 11.5 Å². The van der Waals surface area contributed by atoms with Gasteiger partial charge in [-0.2, -0.15) is 0 Å². The lowest BCUT2D eigenvalue weighted by Gasteiger charge is -2.28.